The van der Waals surface area contributed by atoms with Crippen LogP contribution in [0.5, 0.6) is 0 Å². The fourth-order valence-corrected chi connectivity index (χ4v) is 2.11. The van der Waals surface area contributed by atoms with Gasteiger partial charge in [-0.1, -0.05) is 0 Å². The Bertz CT molecular complexity index is 445. The van der Waals surface area contributed by atoms with Crippen LogP contribution in [0.4, 0.5) is 0 Å². The molecule has 2 amide bonds. The monoisotopic (exact) mass is 283 g/mol. The molecule has 1 aliphatic rings. The van der Waals surface area contributed by atoms with E-state index in [9.17, 15) is 14.4 Å². The fraction of sp³-hybridized carbons (Fsp3) is 0.615. The SMILES string of the molecule is CC(C(=O)O)=C(C)C(=O)N1CCCN(CC(N)=O)CC1. The third kappa shape index (κ3) is 4.34. The lowest BCUT2D eigenvalue weighted by Crippen LogP contribution is -2.38. The average Bonchev–Trinajstić information content (AvgIpc) is 2.61. The minimum atomic E-state index is -1.08. The second-order valence-electron chi connectivity index (χ2n) is 4.94. The summed E-state index contributed by atoms with van der Waals surface area (Å²) in [7, 11) is 0. The third-order valence-corrected chi connectivity index (χ3v) is 3.46. The van der Waals surface area contributed by atoms with Crippen molar-refractivity contribution in [3.05, 3.63) is 11.1 Å². The van der Waals surface area contributed by atoms with Gasteiger partial charge in [0, 0.05) is 37.3 Å². The minimum absolute atomic E-state index is 0.0632. The first-order valence-corrected chi connectivity index (χ1v) is 6.53. The number of amides is 2. The number of primary amides is 1. The van der Waals surface area contributed by atoms with Gasteiger partial charge in [-0.05, 0) is 20.3 Å². The number of rotatable bonds is 4. The summed E-state index contributed by atoms with van der Waals surface area (Å²) in [5.41, 5.74) is 5.47. The van der Waals surface area contributed by atoms with Crippen molar-refractivity contribution in [3.8, 4) is 0 Å². The molecule has 0 saturated carbocycles. The summed E-state index contributed by atoms with van der Waals surface area (Å²) in [6.07, 6.45) is 0.735. The molecule has 0 bridgehead atoms. The number of carboxylic acid groups (broad SMARTS) is 1. The number of aliphatic carboxylic acids is 1. The van der Waals surface area contributed by atoms with Gasteiger partial charge in [-0.2, -0.15) is 0 Å². The largest absolute Gasteiger partial charge is 0.478 e. The summed E-state index contributed by atoms with van der Waals surface area (Å²) in [5.74, 6) is -1.73. The molecule has 1 aliphatic heterocycles. The van der Waals surface area contributed by atoms with E-state index in [0.29, 0.717) is 26.2 Å². The van der Waals surface area contributed by atoms with E-state index in [1.54, 1.807) is 4.90 Å². The number of hydrogen-bond donors (Lipinski definition) is 2. The molecule has 0 aromatic carbocycles. The van der Waals surface area contributed by atoms with E-state index in [2.05, 4.69) is 0 Å². The maximum Gasteiger partial charge on any atom is 0.331 e. The summed E-state index contributed by atoms with van der Waals surface area (Å²) in [6, 6.07) is 0. The highest BCUT2D eigenvalue weighted by Crippen LogP contribution is 2.11. The van der Waals surface area contributed by atoms with E-state index in [1.165, 1.54) is 13.8 Å². The first-order valence-electron chi connectivity index (χ1n) is 6.53. The zero-order valence-electron chi connectivity index (χ0n) is 11.9. The number of carbonyl (C=O) groups is 3. The smallest absolute Gasteiger partial charge is 0.331 e. The van der Waals surface area contributed by atoms with Crippen LogP contribution in [0, 0.1) is 0 Å². The Morgan fingerprint density at radius 2 is 1.70 bits per heavy atom. The van der Waals surface area contributed by atoms with Gasteiger partial charge in [0.2, 0.25) is 11.8 Å². The van der Waals surface area contributed by atoms with Crippen molar-refractivity contribution >= 4 is 17.8 Å². The highest BCUT2D eigenvalue weighted by molar-refractivity contribution is 6.01. The van der Waals surface area contributed by atoms with Crippen LogP contribution in [0.25, 0.3) is 0 Å². The number of nitrogens with two attached hydrogens (primary N) is 1. The normalized spacial score (nSPS) is 18.2. The number of carbonyl (C=O) groups excluding carboxylic acids is 2. The first kappa shape index (κ1) is 16.2. The Balaban J connectivity index is 2.70. The number of carboxylic acids is 1. The van der Waals surface area contributed by atoms with Crippen LogP contribution in [0.2, 0.25) is 0 Å². The quantitative estimate of drug-likeness (QED) is 0.672. The van der Waals surface area contributed by atoms with Gasteiger partial charge in [0.15, 0.2) is 0 Å². The van der Waals surface area contributed by atoms with Crippen molar-refractivity contribution in [1.82, 2.24) is 9.80 Å². The molecule has 1 rings (SSSR count). The van der Waals surface area contributed by atoms with E-state index in [0.717, 1.165) is 6.42 Å². The van der Waals surface area contributed by atoms with Crippen molar-refractivity contribution in [3.63, 3.8) is 0 Å². The minimum Gasteiger partial charge on any atom is -0.478 e. The lowest BCUT2D eigenvalue weighted by atomic mass is 10.1. The Morgan fingerprint density at radius 3 is 2.25 bits per heavy atom. The summed E-state index contributed by atoms with van der Waals surface area (Å²) < 4.78 is 0. The van der Waals surface area contributed by atoms with Crippen LogP contribution in [0.3, 0.4) is 0 Å². The highest BCUT2D eigenvalue weighted by Gasteiger charge is 2.22. The molecule has 1 heterocycles. The van der Waals surface area contributed by atoms with Crippen LogP contribution in [-0.2, 0) is 14.4 Å². The van der Waals surface area contributed by atoms with E-state index < -0.39 is 5.97 Å². The zero-order valence-corrected chi connectivity index (χ0v) is 11.9. The third-order valence-electron chi connectivity index (χ3n) is 3.46. The summed E-state index contributed by atoms with van der Waals surface area (Å²) in [5, 5.41) is 8.91. The van der Waals surface area contributed by atoms with Crippen LogP contribution in [-0.4, -0.2) is 65.4 Å². The van der Waals surface area contributed by atoms with Gasteiger partial charge in [0.25, 0.3) is 0 Å². The standard InChI is InChI=1S/C13H21N3O4/c1-9(10(2)13(19)20)12(18)16-5-3-4-15(6-7-16)8-11(14)17/h3-8H2,1-2H3,(H2,14,17)(H,19,20). The molecule has 7 heteroatoms. The van der Waals surface area contributed by atoms with Gasteiger partial charge in [0.1, 0.15) is 0 Å². The van der Waals surface area contributed by atoms with Gasteiger partial charge in [-0.15, -0.1) is 0 Å². The molecule has 3 N–H and O–H groups in total. The fourth-order valence-electron chi connectivity index (χ4n) is 2.11. The van der Waals surface area contributed by atoms with Gasteiger partial charge in [-0.3, -0.25) is 14.5 Å². The maximum absolute atomic E-state index is 12.2. The molecule has 0 aliphatic carbocycles. The van der Waals surface area contributed by atoms with Gasteiger partial charge in [-0.25, -0.2) is 4.79 Å². The van der Waals surface area contributed by atoms with E-state index in [1.807, 2.05) is 4.90 Å². The van der Waals surface area contributed by atoms with Crippen molar-refractivity contribution in [2.75, 3.05) is 32.7 Å². The van der Waals surface area contributed by atoms with Gasteiger partial charge in [0.05, 0.1) is 6.54 Å². The molecule has 0 spiro atoms. The maximum atomic E-state index is 12.2. The van der Waals surface area contributed by atoms with E-state index >= 15 is 0 Å². The lowest BCUT2D eigenvalue weighted by molar-refractivity contribution is -0.134. The second-order valence-corrected chi connectivity index (χ2v) is 4.94. The lowest BCUT2D eigenvalue weighted by Gasteiger charge is -2.22. The molecule has 20 heavy (non-hydrogen) atoms. The molecule has 0 aromatic heterocycles. The van der Waals surface area contributed by atoms with Crippen molar-refractivity contribution < 1.29 is 19.5 Å². The Hall–Kier alpha value is -1.89. The molecule has 112 valence electrons. The Morgan fingerprint density at radius 1 is 1.05 bits per heavy atom. The van der Waals surface area contributed by atoms with Crippen LogP contribution in [0.1, 0.15) is 20.3 Å². The number of nitrogens with zero attached hydrogens (tertiary/aromatic N) is 2. The first-order chi connectivity index (χ1) is 9.32. The van der Waals surface area contributed by atoms with Crippen molar-refractivity contribution in [2.45, 2.75) is 20.3 Å². The summed E-state index contributed by atoms with van der Waals surface area (Å²) in [6.45, 7) is 5.42. The van der Waals surface area contributed by atoms with Crippen LogP contribution in [0.15, 0.2) is 11.1 Å². The van der Waals surface area contributed by atoms with Crippen molar-refractivity contribution in [1.29, 1.82) is 0 Å². The summed E-state index contributed by atoms with van der Waals surface area (Å²) >= 11 is 0. The summed E-state index contributed by atoms with van der Waals surface area (Å²) in [4.78, 5) is 37.5. The topological polar surface area (TPSA) is 104 Å². The Labute approximate surface area is 118 Å². The predicted octanol–water partition coefficient (Wildman–Crippen LogP) is -0.573. The molecule has 0 radical (unpaired) electrons. The van der Waals surface area contributed by atoms with E-state index in [4.69, 9.17) is 10.8 Å². The van der Waals surface area contributed by atoms with Gasteiger partial charge < -0.3 is 15.7 Å². The molecular formula is C13H21N3O4. The zero-order chi connectivity index (χ0) is 15.3. The molecular weight excluding hydrogens is 262 g/mol. The number of hydrogen-bond acceptors (Lipinski definition) is 4. The molecule has 7 nitrogen and oxygen atoms in total. The molecule has 0 unspecified atom stereocenters. The Kier molecular flexibility index (Phi) is 5.69. The molecule has 1 fully saturated rings. The molecule has 1 saturated heterocycles. The average molecular weight is 283 g/mol. The van der Waals surface area contributed by atoms with Crippen LogP contribution < -0.4 is 5.73 Å². The predicted molar refractivity (Wildman–Crippen MR) is 72.8 cm³/mol. The van der Waals surface area contributed by atoms with E-state index in [-0.39, 0.29) is 29.5 Å². The van der Waals surface area contributed by atoms with Gasteiger partial charge >= 0.3 is 5.97 Å². The van der Waals surface area contributed by atoms with Crippen molar-refractivity contribution in [2.24, 2.45) is 5.73 Å². The molecule has 0 atom stereocenters. The highest BCUT2D eigenvalue weighted by atomic mass is 16.4. The molecule has 0 aromatic rings. The second kappa shape index (κ2) is 7.04. The van der Waals surface area contributed by atoms with Crippen LogP contribution >= 0.6 is 0 Å².